The Balaban J connectivity index is 3.26. The van der Waals surface area contributed by atoms with E-state index in [1.807, 2.05) is 13.8 Å². The molecule has 0 N–H and O–H groups in total. The van der Waals surface area contributed by atoms with Gasteiger partial charge in [0.15, 0.2) is 0 Å². The second-order valence-electron chi connectivity index (χ2n) is 2.65. The highest BCUT2D eigenvalue weighted by Crippen LogP contribution is 2.16. The fourth-order valence-corrected chi connectivity index (χ4v) is 1.95. The molecule has 1 aromatic rings. The number of nitrogens with zero attached hydrogens (tertiary/aromatic N) is 2. The summed E-state index contributed by atoms with van der Waals surface area (Å²) >= 11 is 0. The van der Waals surface area contributed by atoms with Crippen molar-refractivity contribution in [3.05, 3.63) is 12.4 Å². The fourth-order valence-electron chi connectivity index (χ4n) is 0.881. The Bertz CT molecular complexity index is 369. The summed E-state index contributed by atoms with van der Waals surface area (Å²) in [6, 6.07) is 0.0380. The van der Waals surface area contributed by atoms with Crippen LogP contribution < -0.4 is 0 Å². The molecular weight excluding hydrogens is 200 g/mol. The highest BCUT2D eigenvalue weighted by Gasteiger charge is 2.18. The van der Waals surface area contributed by atoms with Crippen LogP contribution in [0.1, 0.15) is 19.9 Å². The summed E-state index contributed by atoms with van der Waals surface area (Å²) in [5, 5.41) is -0.0980. The molecule has 0 aliphatic heterocycles. The summed E-state index contributed by atoms with van der Waals surface area (Å²) < 4.78 is 23.3. The maximum Gasteiger partial charge on any atom is 0.295 e. The molecule has 6 heteroatoms. The van der Waals surface area contributed by atoms with Crippen molar-refractivity contribution in [3.8, 4) is 0 Å². The summed E-state index contributed by atoms with van der Waals surface area (Å²) in [5.74, 6) is 0. The third-order valence-electron chi connectivity index (χ3n) is 1.41. The van der Waals surface area contributed by atoms with Gasteiger partial charge in [-0.05, 0) is 13.8 Å². The Morgan fingerprint density at radius 3 is 2.50 bits per heavy atom. The van der Waals surface area contributed by atoms with Crippen molar-refractivity contribution in [1.82, 2.24) is 9.55 Å². The van der Waals surface area contributed by atoms with Gasteiger partial charge in [-0.15, -0.1) is 0 Å². The zero-order chi connectivity index (χ0) is 9.35. The first-order valence-corrected chi connectivity index (χ1v) is 5.71. The molecule has 0 radical (unpaired) electrons. The lowest BCUT2D eigenvalue weighted by atomic mass is 10.4. The van der Waals surface area contributed by atoms with Gasteiger partial charge in [0.25, 0.3) is 9.05 Å². The van der Waals surface area contributed by atoms with Crippen molar-refractivity contribution >= 4 is 19.7 Å². The standard InChI is InChI=1S/C6H9ClN2O2S/c1-5(2)9-4-3-8-6(9)12(7,10)11/h3-5H,1-2H3. The third kappa shape index (κ3) is 1.78. The van der Waals surface area contributed by atoms with Crippen LogP contribution >= 0.6 is 10.7 Å². The van der Waals surface area contributed by atoms with Gasteiger partial charge >= 0.3 is 0 Å². The molecule has 0 unspecified atom stereocenters. The van der Waals surface area contributed by atoms with Crippen molar-refractivity contribution in [2.75, 3.05) is 0 Å². The van der Waals surface area contributed by atoms with Gasteiger partial charge in [-0.1, -0.05) is 0 Å². The van der Waals surface area contributed by atoms with Crippen LogP contribution in [0, 0.1) is 0 Å². The molecule has 0 aliphatic carbocycles. The van der Waals surface area contributed by atoms with Crippen LogP contribution in [-0.4, -0.2) is 18.0 Å². The molecule has 0 spiro atoms. The van der Waals surface area contributed by atoms with Crippen LogP contribution in [0.15, 0.2) is 17.6 Å². The number of imidazole rings is 1. The van der Waals surface area contributed by atoms with Gasteiger partial charge in [0, 0.05) is 29.1 Å². The lowest BCUT2D eigenvalue weighted by molar-refractivity contribution is 0.526. The monoisotopic (exact) mass is 208 g/mol. The van der Waals surface area contributed by atoms with Gasteiger partial charge in [-0.25, -0.2) is 13.4 Å². The Hall–Kier alpha value is -0.550. The van der Waals surface area contributed by atoms with E-state index in [1.165, 1.54) is 10.8 Å². The maximum absolute atomic E-state index is 10.9. The van der Waals surface area contributed by atoms with E-state index in [9.17, 15) is 8.42 Å². The number of rotatable bonds is 2. The molecule has 0 atom stereocenters. The van der Waals surface area contributed by atoms with E-state index in [0.29, 0.717) is 0 Å². The molecular formula is C6H9ClN2O2S. The summed E-state index contributed by atoms with van der Waals surface area (Å²) in [7, 11) is 1.43. The van der Waals surface area contributed by atoms with Crippen molar-refractivity contribution < 1.29 is 8.42 Å². The van der Waals surface area contributed by atoms with Crippen LogP contribution in [0.2, 0.25) is 0 Å². The van der Waals surface area contributed by atoms with E-state index < -0.39 is 9.05 Å². The Morgan fingerprint density at radius 1 is 1.58 bits per heavy atom. The average Bonchev–Trinajstić information content (AvgIpc) is 2.30. The molecule has 1 rings (SSSR count). The first-order chi connectivity index (χ1) is 5.43. The van der Waals surface area contributed by atoms with Gasteiger partial charge in [-0.2, -0.15) is 0 Å². The van der Waals surface area contributed by atoms with Gasteiger partial charge in [-0.3, -0.25) is 0 Å². The van der Waals surface area contributed by atoms with E-state index >= 15 is 0 Å². The minimum atomic E-state index is -3.71. The quantitative estimate of drug-likeness (QED) is 0.691. The predicted octanol–water partition coefficient (Wildman–Crippen LogP) is 1.39. The lowest BCUT2D eigenvalue weighted by Crippen LogP contribution is -2.07. The first-order valence-electron chi connectivity index (χ1n) is 3.40. The zero-order valence-corrected chi connectivity index (χ0v) is 8.30. The normalized spacial score (nSPS) is 12.3. The lowest BCUT2D eigenvalue weighted by Gasteiger charge is -2.07. The molecule has 0 saturated heterocycles. The summed E-state index contributed by atoms with van der Waals surface area (Å²) in [5.41, 5.74) is 0. The van der Waals surface area contributed by atoms with Crippen LogP contribution in [0.25, 0.3) is 0 Å². The third-order valence-corrected chi connectivity index (χ3v) is 2.57. The number of hydrogen-bond acceptors (Lipinski definition) is 3. The molecule has 4 nitrogen and oxygen atoms in total. The molecule has 1 heterocycles. The minimum absolute atomic E-state index is 0.0380. The average molecular weight is 209 g/mol. The van der Waals surface area contributed by atoms with Crippen molar-refractivity contribution in [1.29, 1.82) is 0 Å². The van der Waals surface area contributed by atoms with Gasteiger partial charge in [0.1, 0.15) is 0 Å². The highest BCUT2D eigenvalue weighted by atomic mass is 35.7. The van der Waals surface area contributed by atoms with E-state index in [0.717, 1.165) is 0 Å². The summed E-state index contributed by atoms with van der Waals surface area (Å²) in [6.07, 6.45) is 3.00. The van der Waals surface area contributed by atoms with Crippen molar-refractivity contribution in [2.24, 2.45) is 0 Å². The second kappa shape index (κ2) is 3.06. The van der Waals surface area contributed by atoms with E-state index in [4.69, 9.17) is 10.7 Å². The fraction of sp³-hybridized carbons (Fsp3) is 0.500. The van der Waals surface area contributed by atoms with Crippen LogP contribution in [0.5, 0.6) is 0 Å². The van der Waals surface area contributed by atoms with Gasteiger partial charge in [0.05, 0.1) is 0 Å². The molecule has 0 aromatic carbocycles. The van der Waals surface area contributed by atoms with Crippen LogP contribution in [0.3, 0.4) is 0 Å². The highest BCUT2D eigenvalue weighted by molar-refractivity contribution is 8.13. The molecule has 0 aliphatic rings. The van der Waals surface area contributed by atoms with E-state index in [-0.39, 0.29) is 11.2 Å². The summed E-state index contributed by atoms with van der Waals surface area (Å²) in [6.45, 7) is 3.71. The topological polar surface area (TPSA) is 52.0 Å². The Morgan fingerprint density at radius 2 is 2.17 bits per heavy atom. The zero-order valence-electron chi connectivity index (χ0n) is 6.73. The van der Waals surface area contributed by atoms with Crippen molar-refractivity contribution in [3.63, 3.8) is 0 Å². The Kier molecular flexibility index (Phi) is 2.44. The largest absolute Gasteiger partial charge is 0.318 e. The second-order valence-corrected chi connectivity index (χ2v) is 5.11. The SMILES string of the molecule is CC(C)n1ccnc1S(=O)(=O)Cl. The molecule has 0 fully saturated rings. The first kappa shape index (κ1) is 9.54. The smallest absolute Gasteiger partial charge is 0.295 e. The van der Waals surface area contributed by atoms with Gasteiger partial charge in [0.2, 0.25) is 5.16 Å². The van der Waals surface area contributed by atoms with Crippen LogP contribution in [0.4, 0.5) is 0 Å². The van der Waals surface area contributed by atoms with Crippen LogP contribution in [-0.2, 0) is 9.05 Å². The Labute approximate surface area is 75.6 Å². The number of hydrogen-bond donors (Lipinski definition) is 0. The van der Waals surface area contributed by atoms with Crippen molar-refractivity contribution in [2.45, 2.75) is 25.0 Å². The summed E-state index contributed by atoms with van der Waals surface area (Å²) in [4.78, 5) is 3.65. The van der Waals surface area contributed by atoms with Gasteiger partial charge < -0.3 is 4.57 Å². The molecule has 0 saturated carbocycles. The predicted molar refractivity (Wildman–Crippen MR) is 45.7 cm³/mol. The number of halogens is 1. The maximum atomic E-state index is 10.9. The molecule has 68 valence electrons. The van der Waals surface area contributed by atoms with E-state index in [2.05, 4.69) is 4.98 Å². The number of aromatic nitrogens is 2. The molecule has 1 aromatic heterocycles. The minimum Gasteiger partial charge on any atom is -0.318 e. The molecule has 0 bridgehead atoms. The molecule has 12 heavy (non-hydrogen) atoms. The molecule has 0 amide bonds. The van der Waals surface area contributed by atoms with E-state index in [1.54, 1.807) is 6.20 Å².